The second kappa shape index (κ2) is 6.12. The maximum Gasteiger partial charge on any atom is 0.116 e. The third kappa shape index (κ3) is 3.14. The maximum absolute atomic E-state index is 11.0. The van der Waals surface area contributed by atoms with Crippen molar-refractivity contribution in [2.24, 2.45) is 0 Å². The lowest BCUT2D eigenvalue weighted by molar-refractivity contribution is -0.0965. The third-order valence-corrected chi connectivity index (χ3v) is 4.38. The molecule has 2 rings (SSSR count). The highest BCUT2D eigenvalue weighted by molar-refractivity contribution is 5.31. The van der Waals surface area contributed by atoms with Crippen molar-refractivity contribution in [2.75, 3.05) is 14.1 Å². The molecule has 1 aliphatic carbocycles. The summed E-state index contributed by atoms with van der Waals surface area (Å²) in [7, 11) is 3.62. The molecule has 1 aliphatic rings. The molecule has 112 valence electrons. The van der Waals surface area contributed by atoms with E-state index in [0.29, 0.717) is 12.8 Å². The number of benzene rings is 1. The fourth-order valence-electron chi connectivity index (χ4n) is 3.21. The Labute approximate surface area is 120 Å². The van der Waals surface area contributed by atoms with E-state index >= 15 is 0 Å². The fraction of sp³-hybridized carbons (Fsp3) is 0.625. The Bertz CT molecular complexity index is 424. The molecule has 0 amide bonds. The maximum atomic E-state index is 11.0. The van der Waals surface area contributed by atoms with Gasteiger partial charge >= 0.3 is 0 Å². The van der Waals surface area contributed by atoms with Crippen LogP contribution in [0.3, 0.4) is 0 Å². The lowest BCUT2D eigenvalue weighted by Crippen LogP contribution is -2.48. The van der Waals surface area contributed by atoms with Gasteiger partial charge in [0.2, 0.25) is 0 Å². The number of aliphatic hydroxyl groups is 2. The van der Waals surface area contributed by atoms with E-state index < -0.39 is 11.8 Å². The highest BCUT2D eigenvalue weighted by atomic mass is 16.3. The largest absolute Gasteiger partial charge is 0.508 e. The van der Waals surface area contributed by atoms with Crippen molar-refractivity contribution in [3.8, 4) is 5.75 Å². The Kier molecular flexibility index (Phi) is 4.68. The van der Waals surface area contributed by atoms with Crippen molar-refractivity contribution in [3.63, 3.8) is 0 Å². The summed E-state index contributed by atoms with van der Waals surface area (Å²) in [5.74, 6) is -0.166. The minimum atomic E-state index is -0.876. The molecule has 0 aliphatic heterocycles. The van der Waals surface area contributed by atoms with Gasteiger partial charge in [0, 0.05) is 0 Å². The van der Waals surface area contributed by atoms with Gasteiger partial charge in [0.05, 0.1) is 11.5 Å². The molecule has 1 aromatic rings. The van der Waals surface area contributed by atoms with Crippen LogP contribution in [0.4, 0.5) is 0 Å². The molecule has 4 nitrogen and oxygen atoms in total. The van der Waals surface area contributed by atoms with Crippen LogP contribution in [0.2, 0.25) is 0 Å². The number of nitrogens with zero attached hydrogens (tertiary/aromatic N) is 1. The van der Waals surface area contributed by atoms with Crippen LogP contribution < -0.4 is 0 Å². The molecular weight excluding hydrogens is 254 g/mol. The number of rotatable bonds is 4. The zero-order valence-electron chi connectivity index (χ0n) is 12.3. The van der Waals surface area contributed by atoms with Gasteiger partial charge in [0.15, 0.2) is 0 Å². The molecule has 20 heavy (non-hydrogen) atoms. The molecule has 3 N–H and O–H groups in total. The predicted octanol–water partition coefficient (Wildman–Crippen LogP) is 2.05. The lowest BCUT2D eigenvalue weighted by atomic mass is 9.71. The van der Waals surface area contributed by atoms with Gasteiger partial charge in [-0.3, -0.25) is 4.90 Å². The summed E-state index contributed by atoms with van der Waals surface area (Å²) in [4.78, 5) is 1.73. The van der Waals surface area contributed by atoms with Crippen molar-refractivity contribution in [1.82, 2.24) is 4.90 Å². The molecule has 0 aromatic heterocycles. The molecule has 0 saturated heterocycles. The highest BCUT2D eigenvalue weighted by Crippen LogP contribution is 2.42. The standard InChI is InChI=1S/C16H25NO3/c1-17(2)15(19)14(12-6-8-13(18)9-7-12)16(20)10-4-3-5-11-16/h6-9,14-15,18-20H,3-5,10-11H2,1-2H3. The number of aromatic hydroxyl groups is 1. The summed E-state index contributed by atoms with van der Waals surface area (Å²) in [5, 5.41) is 31.0. The number of phenols is 1. The van der Waals surface area contributed by atoms with Gasteiger partial charge in [-0.15, -0.1) is 0 Å². The van der Waals surface area contributed by atoms with E-state index in [-0.39, 0.29) is 11.7 Å². The Morgan fingerprint density at radius 1 is 1.05 bits per heavy atom. The van der Waals surface area contributed by atoms with Gasteiger partial charge in [-0.1, -0.05) is 31.4 Å². The van der Waals surface area contributed by atoms with Crippen molar-refractivity contribution < 1.29 is 15.3 Å². The summed E-state index contributed by atoms with van der Waals surface area (Å²) >= 11 is 0. The molecule has 0 spiro atoms. The van der Waals surface area contributed by atoms with Gasteiger partial charge < -0.3 is 15.3 Å². The number of likely N-dealkylation sites (N-methyl/N-ethyl adjacent to an activating group) is 1. The molecule has 0 heterocycles. The summed E-state index contributed by atoms with van der Waals surface area (Å²) < 4.78 is 0. The van der Waals surface area contributed by atoms with Crippen LogP contribution in [-0.2, 0) is 0 Å². The van der Waals surface area contributed by atoms with Crippen LogP contribution >= 0.6 is 0 Å². The van der Waals surface area contributed by atoms with Crippen LogP contribution in [0.1, 0.15) is 43.6 Å². The van der Waals surface area contributed by atoms with E-state index in [2.05, 4.69) is 0 Å². The molecule has 1 saturated carbocycles. The van der Waals surface area contributed by atoms with E-state index in [0.717, 1.165) is 24.8 Å². The first-order chi connectivity index (χ1) is 9.44. The van der Waals surface area contributed by atoms with Gasteiger partial charge in [-0.2, -0.15) is 0 Å². The number of aliphatic hydroxyl groups excluding tert-OH is 1. The zero-order valence-corrected chi connectivity index (χ0v) is 12.3. The SMILES string of the molecule is CN(C)C(O)C(c1ccc(O)cc1)C1(O)CCCCC1. The van der Waals surface area contributed by atoms with Crippen LogP contribution in [0, 0.1) is 0 Å². The summed E-state index contributed by atoms with van der Waals surface area (Å²) in [6.45, 7) is 0. The van der Waals surface area contributed by atoms with E-state index in [4.69, 9.17) is 0 Å². The van der Waals surface area contributed by atoms with Gasteiger partial charge in [0.25, 0.3) is 0 Å². The summed E-state index contributed by atoms with van der Waals surface area (Å²) in [6, 6.07) is 6.80. The molecule has 1 aromatic carbocycles. The monoisotopic (exact) mass is 279 g/mol. The van der Waals surface area contributed by atoms with E-state index in [9.17, 15) is 15.3 Å². The minimum Gasteiger partial charge on any atom is -0.508 e. The molecule has 2 atom stereocenters. The van der Waals surface area contributed by atoms with Crippen molar-refractivity contribution in [1.29, 1.82) is 0 Å². The minimum absolute atomic E-state index is 0.197. The first kappa shape index (κ1) is 15.3. The van der Waals surface area contributed by atoms with Crippen LogP contribution in [0.5, 0.6) is 5.75 Å². The molecule has 0 radical (unpaired) electrons. The average molecular weight is 279 g/mol. The normalized spacial score (nSPS) is 21.6. The van der Waals surface area contributed by atoms with Gasteiger partial charge in [-0.25, -0.2) is 0 Å². The highest BCUT2D eigenvalue weighted by Gasteiger charge is 2.43. The molecule has 1 fully saturated rings. The zero-order chi connectivity index (χ0) is 14.8. The van der Waals surface area contributed by atoms with Crippen LogP contribution in [-0.4, -0.2) is 46.1 Å². The van der Waals surface area contributed by atoms with Crippen LogP contribution in [0.15, 0.2) is 24.3 Å². The second-order valence-corrected chi connectivity index (χ2v) is 6.11. The molecule has 4 heteroatoms. The van der Waals surface area contributed by atoms with E-state index in [1.807, 2.05) is 14.1 Å². The van der Waals surface area contributed by atoms with E-state index in [1.54, 1.807) is 29.2 Å². The smallest absolute Gasteiger partial charge is 0.116 e. The topological polar surface area (TPSA) is 63.9 Å². The van der Waals surface area contributed by atoms with Crippen molar-refractivity contribution in [3.05, 3.63) is 29.8 Å². The Balaban J connectivity index is 2.36. The number of hydrogen-bond acceptors (Lipinski definition) is 4. The van der Waals surface area contributed by atoms with Crippen LogP contribution in [0.25, 0.3) is 0 Å². The average Bonchev–Trinajstić information content (AvgIpc) is 2.41. The number of hydrogen-bond donors (Lipinski definition) is 3. The first-order valence-corrected chi connectivity index (χ1v) is 7.30. The van der Waals surface area contributed by atoms with Gasteiger partial charge in [0.1, 0.15) is 12.0 Å². The summed E-state index contributed by atoms with van der Waals surface area (Å²) in [5.41, 5.74) is -0.00719. The molecule has 2 unspecified atom stereocenters. The second-order valence-electron chi connectivity index (χ2n) is 6.11. The Hall–Kier alpha value is -1.10. The fourth-order valence-corrected chi connectivity index (χ4v) is 3.21. The predicted molar refractivity (Wildman–Crippen MR) is 78.6 cm³/mol. The Morgan fingerprint density at radius 3 is 2.10 bits per heavy atom. The van der Waals surface area contributed by atoms with Crippen molar-refractivity contribution >= 4 is 0 Å². The van der Waals surface area contributed by atoms with E-state index in [1.165, 1.54) is 0 Å². The number of phenolic OH excluding ortho intramolecular Hbond substituents is 1. The third-order valence-electron chi connectivity index (χ3n) is 4.38. The summed E-state index contributed by atoms with van der Waals surface area (Å²) in [6.07, 6.45) is 3.80. The lowest BCUT2D eigenvalue weighted by Gasteiger charge is -2.43. The van der Waals surface area contributed by atoms with Gasteiger partial charge in [-0.05, 0) is 44.6 Å². The van der Waals surface area contributed by atoms with Crippen molar-refractivity contribution in [2.45, 2.75) is 49.9 Å². The quantitative estimate of drug-likeness (QED) is 0.738. The molecule has 0 bridgehead atoms. The Morgan fingerprint density at radius 2 is 1.60 bits per heavy atom. The molecular formula is C16H25NO3. The first-order valence-electron chi connectivity index (χ1n) is 7.30.